The lowest BCUT2D eigenvalue weighted by Crippen LogP contribution is -2.45. The molecule has 0 spiro atoms. The lowest BCUT2D eigenvalue weighted by molar-refractivity contribution is -0.161. The van der Waals surface area contributed by atoms with Crippen molar-refractivity contribution in [3.63, 3.8) is 0 Å². The number of hydrogen-bond acceptors (Lipinski definition) is 3. The Morgan fingerprint density at radius 3 is 2.36 bits per heavy atom. The van der Waals surface area contributed by atoms with Crippen molar-refractivity contribution < 1.29 is 23.1 Å². The van der Waals surface area contributed by atoms with Gasteiger partial charge in [0.05, 0.1) is 6.42 Å². The molecule has 4 nitrogen and oxygen atoms in total. The summed E-state index contributed by atoms with van der Waals surface area (Å²) in [5, 5.41) is 14.6. The van der Waals surface area contributed by atoms with E-state index in [1.54, 1.807) is 12.1 Å². The van der Waals surface area contributed by atoms with Gasteiger partial charge in [-0.1, -0.05) is 41.9 Å². The topological polar surface area (TPSA) is 52.9 Å². The molecular weight excluding hydrogens is 365 g/mol. The van der Waals surface area contributed by atoms with Crippen LogP contribution in [0.1, 0.15) is 25.8 Å². The number of benzene rings is 1. The van der Waals surface area contributed by atoms with Gasteiger partial charge < -0.3 is 5.11 Å². The molecule has 0 aliphatic carbocycles. The summed E-state index contributed by atoms with van der Waals surface area (Å²) >= 11 is 3.21. The van der Waals surface area contributed by atoms with Crippen molar-refractivity contribution in [2.45, 2.75) is 32.2 Å². The van der Waals surface area contributed by atoms with Crippen molar-refractivity contribution in [2.24, 2.45) is 11.0 Å². The van der Waals surface area contributed by atoms with Crippen molar-refractivity contribution in [3.8, 4) is 0 Å². The average molecular weight is 379 g/mol. The predicted molar refractivity (Wildman–Crippen MR) is 77.8 cm³/mol. The Hall–Kier alpha value is -1.41. The maximum atomic E-state index is 12.9. The molecule has 1 aliphatic rings. The minimum atomic E-state index is -4.70. The van der Waals surface area contributed by atoms with Gasteiger partial charge in [0.15, 0.2) is 5.72 Å². The van der Waals surface area contributed by atoms with Gasteiger partial charge in [-0.05, 0) is 12.1 Å². The zero-order chi connectivity index (χ0) is 16.7. The molecule has 0 radical (unpaired) electrons. The van der Waals surface area contributed by atoms with Gasteiger partial charge in [-0.25, -0.2) is 0 Å². The molecule has 1 heterocycles. The number of alkyl halides is 3. The third-order valence-corrected chi connectivity index (χ3v) is 3.85. The minimum absolute atomic E-state index is 0.174. The van der Waals surface area contributed by atoms with Crippen LogP contribution in [0, 0.1) is 5.92 Å². The van der Waals surface area contributed by atoms with Crippen LogP contribution in [0.5, 0.6) is 0 Å². The van der Waals surface area contributed by atoms with E-state index >= 15 is 0 Å². The van der Waals surface area contributed by atoms with E-state index in [-0.39, 0.29) is 5.56 Å². The molecule has 1 amide bonds. The second kappa shape index (κ2) is 5.66. The number of nitrogens with zero attached hydrogens (tertiary/aromatic N) is 2. The first-order valence-electron chi connectivity index (χ1n) is 6.53. The number of carbonyl (C=O) groups excluding carboxylic acids is 1. The Kier molecular flexibility index (Phi) is 4.36. The van der Waals surface area contributed by atoms with Gasteiger partial charge in [0.2, 0.25) is 5.91 Å². The molecular formula is C14H14BrF3N2O2. The van der Waals surface area contributed by atoms with E-state index in [0.717, 1.165) is 0 Å². The molecule has 22 heavy (non-hydrogen) atoms. The highest BCUT2D eigenvalue weighted by molar-refractivity contribution is 9.10. The molecule has 1 aromatic rings. The van der Waals surface area contributed by atoms with E-state index < -0.39 is 35.9 Å². The smallest absolute Gasteiger partial charge is 0.365 e. The number of hydrogen-bond donors (Lipinski definition) is 1. The highest BCUT2D eigenvalue weighted by Crippen LogP contribution is 2.40. The van der Waals surface area contributed by atoms with E-state index in [4.69, 9.17) is 0 Å². The molecule has 1 atom stereocenters. The zero-order valence-electron chi connectivity index (χ0n) is 11.9. The highest BCUT2D eigenvalue weighted by Gasteiger charge is 2.53. The van der Waals surface area contributed by atoms with Crippen molar-refractivity contribution in [3.05, 3.63) is 34.3 Å². The van der Waals surface area contributed by atoms with Crippen molar-refractivity contribution >= 4 is 27.5 Å². The van der Waals surface area contributed by atoms with Crippen LogP contribution in [0.15, 0.2) is 33.8 Å². The van der Waals surface area contributed by atoms with Crippen LogP contribution in [0.25, 0.3) is 0 Å². The van der Waals surface area contributed by atoms with Gasteiger partial charge in [-0.15, -0.1) is 0 Å². The molecule has 0 saturated heterocycles. The summed E-state index contributed by atoms with van der Waals surface area (Å²) in [7, 11) is 0. The van der Waals surface area contributed by atoms with Crippen molar-refractivity contribution in [1.29, 1.82) is 0 Å². The predicted octanol–water partition coefficient (Wildman–Crippen LogP) is 3.40. The Bertz CT molecular complexity index is 614. The fraction of sp³-hybridized carbons (Fsp3) is 0.429. The molecule has 120 valence electrons. The molecule has 1 aliphatic heterocycles. The van der Waals surface area contributed by atoms with Gasteiger partial charge in [-0.2, -0.15) is 23.3 Å². The van der Waals surface area contributed by atoms with E-state index in [1.165, 1.54) is 26.0 Å². The van der Waals surface area contributed by atoms with Crippen LogP contribution >= 0.6 is 15.9 Å². The zero-order valence-corrected chi connectivity index (χ0v) is 13.4. The van der Waals surface area contributed by atoms with Crippen LogP contribution in [-0.4, -0.2) is 27.9 Å². The summed E-state index contributed by atoms with van der Waals surface area (Å²) < 4.78 is 39.5. The summed E-state index contributed by atoms with van der Waals surface area (Å²) in [6.45, 7) is 3.07. The Labute approximate surface area is 133 Å². The molecule has 1 unspecified atom stereocenters. The van der Waals surface area contributed by atoms with Crippen LogP contribution in [0.3, 0.4) is 0 Å². The molecule has 8 heteroatoms. The first-order chi connectivity index (χ1) is 10.1. The molecule has 2 rings (SSSR count). The van der Waals surface area contributed by atoms with Gasteiger partial charge in [0.1, 0.15) is 5.71 Å². The summed E-state index contributed by atoms with van der Waals surface area (Å²) in [5.41, 5.74) is -3.13. The van der Waals surface area contributed by atoms with Crippen LogP contribution in [-0.2, 0) is 10.5 Å². The third kappa shape index (κ3) is 3.03. The molecule has 0 bridgehead atoms. The lowest BCUT2D eigenvalue weighted by atomic mass is 9.96. The normalized spacial score (nSPS) is 22.2. The highest BCUT2D eigenvalue weighted by atomic mass is 79.9. The molecule has 0 fully saturated rings. The van der Waals surface area contributed by atoms with Gasteiger partial charge in [0.25, 0.3) is 0 Å². The SMILES string of the molecule is CC(C)C(=O)N1N=C(C(F)(F)F)CC1(O)c1ccc(Br)cc1. The summed E-state index contributed by atoms with van der Waals surface area (Å²) in [6, 6.07) is 6.08. The van der Waals surface area contributed by atoms with Gasteiger partial charge >= 0.3 is 6.18 Å². The molecule has 1 N–H and O–H groups in total. The fourth-order valence-corrected chi connectivity index (χ4v) is 2.39. The number of hydrazone groups is 1. The van der Waals surface area contributed by atoms with E-state index in [2.05, 4.69) is 21.0 Å². The van der Waals surface area contributed by atoms with Crippen LogP contribution in [0.2, 0.25) is 0 Å². The molecule has 0 aromatic heterocycles. The number of rotatable bonds is 2. The van der Waals surface area contributed by atoms with Gasteiger partial charge in [-0.3, -0.25) is 4.79 Å². The monoisotopic (exact) mass is 378 g/mol. The fourth-order valence-electron chi connectivity index (χ4n) is 2.12. The Morgan fingerprint density at radius 2 is 1.91 bits per heavy atom. The van der Waals surface area contributed by atoms with E-state index in [9.17, 15) is 23.1 Å². The van der Waals surface area contributed by atoms with E-state index in [0.29, 0.717) is 9.48 Å². The number of aliphatic hydroxyl groups is 1. The minimum Gasteiger partial charge on any atom is -0.365 e. The first-order valence-corrected chi connectivity index (χ1v) is 7.32. The largest absolute Gasteiger partial charge is 0.431 e. The van der Waals surface area contributed by atoms with Crippen molar-refractivity contribution in [1.82, 2.24) is 5.01 Å². The van der Waals surface area contributed by atoms with Crippen LogP contribution < -0.4 is 0 Å². The number of halogens is 4. The van der Waals surface area contributed by atoms with Crippen molar-refractivity contribution in [2.75, 3.05) is 0 Å². The summed E-state index contributed by atoms with van der Waals surface area (Å²) in [4.78, 5) is 12.2. The Morgan fingerprint density at radius 1 is 1.36 bits per heavy atom. The summed E-state index contributed by atoms with van der Waals surface area (Å²) in [5.74, 6) is -1.28. The first kappa shape index (κ1) is 17.0. The van der Waals surface area contributed by atoms with E-state index in [1.807, 2.05) is 0 Å². The maximum Gasteiger partial charge on any atom is 0.431 e. The second-order valence-corrected chi connectivity index (χ2v) is 6.27. The Balaban J connectivity index is 2.49. The molecule has 0 saturated carbocycles. The number of carbonyl (C=O) groups is 1. The van der Waals surface area contributed by atoms with Crippen LogP contribution in [0.4, 0.5) is 13.2 Å². The third-order valence-electron chi connectivity index (χ3n) is 3.32. The number of amides is 1. The lowest BCUT2D eigenvalue weighted by Gasteiger charge is -2.32. The summed E-state index contributed by atoms with van der Waals surface area (Å²) in [6.07, 6.45) is -5.49. The standard InChI is InChI=1S/C14H14BrF3N2O2/c1-8(2)12(21)20-13(22,7-11(19-20)14(16,17)18)9-3-5-10(15)6-4-9/h3-6,8,22H,7H2,1-2H3. The quantitative estimate of drug-likeness (QED) is 0.857. The second-order valence-electron chi connectivity index (χ2n) is 5.35. The maximum absolute atomic E-state index is 12.9. The molecule has 1 aromatic carbocycles. The average Bonchev–Trinajstić information content (AvgIpc) is 2.77. The van der Waals surface area contributed by atoms with Gasteiger partial charge in [0, 0.05) is 16.0 Å².